The molecule has 0 aliphatic heterocycles. The Morgan fingerprint density at radius 3 is 2.68 bits per heavy atom. The Morgan fingerprint density at radius 2 is 1.97 bits per heavy atom. The minimum atomic E-state index is -0.342. The molecule has 0 saturated carbocycles. The van der Waals surface area contributed by atoms with Crippen molar-refractivity contribution in [2.24, 2.45) is 0 Å². The second kappa shape index (κ2) is 16.0. The van der Waals surface area contributed by atoms with Crippen LogP contribution in [0.25, 0.3) is 0 Å². The fourth-order valence-electron chi connectivity index (χ4n) is 3.35. The quantitative estimate of drug-likeness (QED) is 0.237. The third-order valence-electron chi connectivity index (χ3n) is 5.28. The van der Waals surface area contributed by atoms with E-state index in [9.17, 15) is 14.0 Å². The maximum absolute atomic E-state index is 13.5. The number of aromatic nitrogens is 2. The smallest absolute Gasteiger partial charge is 0.246 e. The van der Waals surface area contributed by atoms with Crippen molar-refractivity contribution in [1.29, 1.82) is 0 Å². The number of carbonyl (C=O) groups is 2. The molecule has 38 heavy (non-hydrogen) atoms. The van der Waals surface area contributed by atoms with Crippen LogP contribution in [0.5, 0.6) is 0 Å². The van der Waals surface area contributed by atoms with Crippen LogP contribution in [-0.2, 0) is 9.59 Å². The van der Waals surface area contributed by atoms with Crippen LogP contribution in [0.3, 0.4) is 0 Å². The maximum atomic E-state index is 13.5. The molecule has 2 N–H and O–H groups in total. The zero-order valence-electron chi connectivity index (χ0n) is 22.9. The van der Waals surface area contributed by atoms with Crippen molar-refractivity contribution in [3.63, 3.8) is 0 Å². The fraction of sp³-hybridized carbons (Fsp3) is 0.429. The molecule has 0 spiro atoms. The lowest BCUT2D eigenvalue weighted by atomic mass is 10.2. The van der Waals surface area contributed by atoms with Crippen molar-refractivity contribution in [3.8, 4) is 11.8 Å². The number of hydrogen-bond donors (Lipinski definition) is 2. The number of anilines is 3. The lowest BCUT2D eigenvalue weighted by Gasteiger charge is -2.19. The van der Waals surface area contributed by atoms with E-state index in [-0.39, 0.29) is 24.2 Å². The Labute approximate surface area is 225 Å². The van der Waals surface area contributed by atoms with Crippen LogP contribution in [0.2, 0.25) is 0 Å². The fourth-order valence-corrected chi connectivity index (χ4v) is 3.35. The van der Waals surface area contributed by atoms with Crippen LogP contribution < -0.4 is 15.5 Å². The summed E-state index contributed by atoms with van der Waals surface area (Å²) in [6, 6.07) is 6.12. The van der Waals surface area contributed by atoms with Gasteiger partial charge in [0.2, 0.25) is 17.8 Å². The Hall–Kier alpha value is -3.97. The van der Waals surface area contributed by atoms with Crippen molar-refractivity contribution in [2.75, 3.05) is 64.6 Å². The van der Waals surface area contributed by atoms with E-state index in [1.54, 1.807) is 31.5 Å². The summed E-state index contributed by atoms with van der Waals surface area (Å²) in [6.07, 6.45) is 7.07. The van der Waals surface area contributed by atoms with Gasteiger partial charge < -0.3 is 25.3 Å². The van der Waals surface area contributed by atoms with Gasteiger partial charge in [0.1, 0.15) is 11.6 Å². The van der Waals surface area contributed by atoms with Crippen molar-refractivity contribution in [1.82, 2.24) is 25.1 Å². The molecule has 2 amide bonds. The highest BCUT2D eigenvalue weighted by Gasteiger charge is 2.11. The molecule has 2 aromatic rings. The molecular formula is C28H38FN7O2. The van der Waals surface area contributed by atoms with Gasteiger partial charge in [0.25, 0.3) is 0 Å². The SMILES string of the molecule is CCCN(C)c1nc(Nc2cccc(F)c2)ncc1C#CCCCNC(=O)CN(C)C(=O)/C=C/CN(C)C. The summed E-state index contributed by atoms with van der Waals surface area (Å²) < 4.78 is 13.5. The van der Waals surface area contributed by atoms with Crippen molar-refractivity contribution < 1.29 is 14.0 Å². The average Bonchev–Trinajstić information content (AvgIpc) is 2.86. The molecule has 0 fully saturated rings. The lowest BCUT2D eigenvalue weighted by Crippen LogP contribution is -2.38. The van der Waals surface area contributed by atoms with E-state index < -0.39 is 0 Å². The molecule has 0 saturated heterocycles. The molecular weight excluding hydrogens is 485 g/mol. The van der Waals surface area contributed by atoms with Crippen molar-refractivity contribution in [2.45, 2.75) is 26.2 Å². The van der Waals surface area contributed by atoms with Gasteiger partial charge in [0.05, 0.1) is 18.3 Å². The van der Waals surface area contributed by atoms with E-state index >= 15 is 0 Å². The molecule has 1 aromatic carbocycles. The van der Waals surface area contributed by atoms with E-state index in [2.05, 4.69) is 39.4 Å². The van der Waals surface area contributed by atoms with Crippen LogP contribution in [-0.4, -0.2) is 86.0 Å². The molecule has 0 unspecified atom stereocenters. The van der Waals surface area contributed by atoms with Gasteiger partial charge in [0.15, 0.2) is 0 Å². The first kappa shape index (κ1) is 30.3. The Balaban J connectivity index is 1.89. The first-order valence-electron chi connectivity index (χ1n) is 12.6. The molecule has 204 valence electrons. The van der Waals surface area contributed by atoms with E-state index in [0.717, 1.165) is 13.0 Å². The third-order valence-corrected chi connectivity index (χ3v) is 5.28. The van der Waals surface area contributed by atoms with E-state index in [4.69, 9.17) is 0 Å². The summed E-state index contributed by atoms with van der Waals surface area (Å²) in [7, 11) is 7.37. The molecule has 2 rings (SSSR count). The number of nitrogens with zero attached hydrogens (tertiary/aromatic N) is 5. The summed E-state index contributed by atoms with van der Waals surface area (Å²) in [5.74, 6) is 6.54. The molecule has 0 atom stereocenters. The van der Waals surface area contributed by atoms with Gasteiger partial charge in [-0.2, -0.15) is 4.98 Å². The topological polar surface area (TPSA) is 93.7 Å². The van der Waals surface area contributed by atoms with Gasteiger partial charge in [-0.25, -0.2) is 9.37 Å². The number of benzene rings is 1. The number of hydrogen-bond acceptors (Lipinski definition) is 7. The predicted octanol–water partition coefficient (Wildman–Crippen LogP) is 3.03. The molecule has 10 heteroatoms. The van der Waals surface area contributed by atoms with Gasteiger partial charge in [0, 0.05) is 51.9 Å². The van der Waals surface area contributed by atoms with Crippen molar-refractivity contribution in [3.05, 3.63) is 54.0 Å². The maximum Gasteiger partial charge on any atom is 0.246 e. The van der Waals surface area contributed by atoms with Crippen LogP contribution in [0.1, 0.15) is 31.7 Å². The highest BCUT2D eigenvalue weighted by molar-refractivity contribution is 5.91. The van der Waals surface area contributed by atoms with Crippen LogP contribution in [0, 0.1) is 17.7 Å². The molecule has 1 aromatic heterocycles. The van der Waals surface area contributed by atoms with E-state index in [1.807, 2.05) is 30.9 Å². The number of carbonyl (C=O) groups excluding carboxylic acids is 2. The summed E-state index contributed by atoms with van der Waals surface area (Å²) in [5.41, 5.74) is 1.25. The van der Waals surface area contributed by atoms with Gasteiger partial charge in [-0.05, 0) is 45.1 Å². The minimum Gasteiger partial charge on any atom is -0.358 e. The summed E-state index contributed by atoms with van der Waals surface area (Å²) >= 11 is 0. The second-order valence-electron chi connectivity index (χ2n) is 9.10. The summed E-state index contributed by atoms with van der Waals surface area (Å²) in [5, 5.41) is 5.85. The Bertz CT molecular complexity index is 1160. The Morgan fingerprint density at radius 1 is 1.18 bits per heavy atom. The first-order valence-corrected chi connectivity index (χ1v) is 12.6. The van der Waals surface area contributed by atoms with Crippen LogP contribution in [0.15, 0.2) is 42.6 Å². The molecule has 0 aliphatic carbocycles. The molecule has 0 aliphatic rings. The van der Waals surface area contributed by atoms with E-state index in [0.29, 0.717) is 48.9 Å². The first-order chi connectivity index (χ1) is 18.2. The number of halogens is 1. The van der Waals surface area contributed by atoms with Gasteiger partial charge in [-0.1, -0.05) is 30.9 Å². The van der Waals surface area contributed by atoms with Crippen LogP contribution >= 0.6 is 0 Å². The van der Waals surface area contributed by atoms with Gasteiger partial charge in [-0.15, -0.1) is 0 Å². The largest absolute Gasteiger partial charge is 0.358 e. The second-order valence-corrected chi connectivity index (χ2v) is 9.10. The normalized spacial score (nSPS) is 10.7. The molecule has 0 radical (unpaired) electrons. The van der Waals surface area contributed by atoms with Gasteiger partial charge >= 0.3 is 0 Å². The summed E-state index contributed by atoms with van der Waals surface area (Å²) in [6.45, 7) is 3.99. The standard InChI is InChI=1S/C28H38FN7O2/c1-6-17-35(4)27-22(20-31-28(33-27)32-24-14-10-13-23(29)19-24)12-8-7-9-16-30-25(37)21-36(5)26(38)15-11-18-34(2)3/h10-11,13-15,19-20H,6-7,9,16-18,21H2,1-5H3,(H,30,37)(H,31,32,33)/b15-11+. The minimum absolute atomic E-state index is 0.00269. The Kier molecular flexibility index (Phi) is 12.7. The van der Waals surface area contributed by atoms with E-state index in [1.165, 1.54) is 23.1 Å². The highest BCUT2D eigenvalue weighted by atomic mass is 19.1. The molecule has 0 bridgehead atoms. The molecule has 1 heterocycles. The van der Waals surface area contributed by atoms with Crippen molar-refractivity contribution >= 4 is 29.3 Å². The monoisotopic (exact) mass is 523 g/mol. The zero-order valence-corrected chi connectivity index (χ0v) is 22.9. The number of rotatable bonds is 13. The average molecular weight is 524 g/mol. The van der Waals surface area contributed by atoms with Gasteiger partial charge in [-0.3, -0.25) is 9.59 Å². The number of unbranched alkanes of at least 4 members (excludes halogenated alkanes) is 1. The third kappa shape index (κ3) is 11.0. The highest BCUT2D eigenvalue weighted by Crippen LogP contribution is 2.20. The number of amides is 2. The number of nitrogens with one attached hydrogen (secondary N) is 2. The summed E-state index contributed by atoms with van der Waals surface area (Å²) in [4.78, 5) is 38.5. The molecule has 9 nitrogen and oxygen atoms in total. The lowest BCUT2D eigenvalue weighted by molar-refractivity contribution is -0.131. The number of likely N-dealkylation sites (N-methyl/N-ethyl adjacent to an activating group) is 2. The van der Waals surface area contributed by atoms with Crippen LogP contribution in [0.4, 0.5) is 21.8 Å². The zero-order chi connectivity index (χ0) is 27.9. The predicted molar refractivity (Wildman–Crippen MR) is 150 cm³/mol.